The fourth-order valence-corrected chi connectivity index (χ4v) is 6.41. The van der Waals surface area contributed by atoms with Crippen LogP contribution < -0.4 is 20.6 Å². The Balaban J connectivity index is 0.886. The Morgan fingerprint density at radius 1 is 0.408 bits per heavy atom. The lowest BCUT2D eigenvalue weighted by Crippen LogP contribution is -2.09. The highest BCUT2D eigenvalue weighted by molar-refractivity contribution is 7.99. The number of rotatable bonds is 8. The van der Waals surface area contributed by atoms with Crippen molar-refractivity contribution in [2.45, 2.75) is 9.79 Å². The van der Waals surface area contributed by atoms with E-state index < -0.39 is 0 Å². The summed E-state index contributed by atoms with van der Waals surface area (Å²) in [5, 5.41) is 16.6. The smallest absolute Gasteiger partial charge is 0.272 e. The molecule has 49 heavy (non-hydrogen) atoms. The number of nitrogens with zero attached hydrogens (tertiary/aromatic N) is 2. The number of benzene rings is 6. The Hall–Kier alpha value is -6.45. The first-order valence-electron chi connectivity index (χ1n) is 15.5. The van der Waals surface area contributed by atoms with E-state index >= 15 is 0 Å². The number of aromatic amines is 2. The normalized spacial score (nSPS) is 11.1. The molecule has 0 saturated heterocycles. The highest BCUT2D eigenvalue weighted by Gasteiger charge is 2.11. The van der Waals surface area contributed by atoms with Crippen molar-refractivity contribution < 1.29 is 9.47 Å². The average Bonchev–Trinajstić information content (AvgIpc) is 3.15. The van der Waals surface area contributed by atoms with E-state index in [1.807, 2.05) is 133 Å². The zero-order valence-corrected chi connectivity index (χ0v) is 26.6. The maximum absolute atomic E-state index is 12.1. The standard InChI is InChI=1S/C40H26N4O4S/c45-39-35-7-3-1-5-33(35)37(41-43-39)25-9-13-27(14-10-25)47-29-17-21-31(22-18-29)49-32-23-19-30(20-24-32)48-28-15-11-26(12-16-28)38-34-6-2-4-8-36(34)40(46)44-42-38/h1-24H,(H,43,45)(H,44,46). The Bertz CT molecular complexity index is 2370. The maximum Gasteiger partial charge on any atom is 0.272 e. The van der Waals surface area contributed by atoms with Gasteiger partial charge in [0.2, 0.25) is 0 Å². The molecule has 0 amide bonds. The topological polar surface area (TPSA) is 110 Å². The van der Waals surface area contributed by atoms with Crippen LogP contribution in [-0.4, -0.2) is 20.4 Å². The van der Waals surface area contributed by atoms with Gasteiger partial charge in [0.05, 0.1) is 22.2 Å². The number of fused-ring (bicyclic) bond motifs is 2. The summed E-state index contributed by atoms with van der Waals surface area (Å²) in [6, 6.07) is 46.0. The van der Waals surface area contributed by atoms with E-state index in [1.54, 1.807) is 23.9 Å². The summed E-state index contributed by atoms with van der Waals surface area (Å²) < 4.78 is 12.2. The second kappa shape index (κ2) is 13.0. The van der Waals surface area contributed by atoms with Crippen molar-refractivity contribution in [1.82, 2.24) is 20.4 Å². The molecule has 0 spiro atoms. The van der Waals surface area contributed by atoms with Gasteiger partial charge in [0.1, 0.15) is 23.0 Å². The van der Waals surface area contributed by atoms with E-state index in [2.05, 4.69) is 20.4 Å². The summed E-state index contributed by atoms with van der Waals surface area (Å²) >= 11 is 1.65. The van der Waals surface area contributed by atoms with Gasteiger partial charge < -0.3 is 9.47 Å². The van der Waals surface area contributed by atoms with Crippen LogP contribution in [-0.2, 0) is 0 Å². The first-order chi connectivity index (χ1) is 24.1. The largest absolute Gasteiger partial charge is 0.457 e. The van der Waals surface area contributed by atoms with Crippen molar-refractivity contribution in [3.63, 3.8) is 0 Å². The summed E-state index contributed by atoms with van der Waals surface area (Å²) in [5.41, 5.74) is 2.79. The van der Waals surface area contributed by atoms with Crippen LogP contribution in [0.15, 0.2) is 165 Å². The van der Waals surface area contributed by atoms with Crippen LogP contribution in [0.2, 0.25) is 0 Å². The minimum Gasteiger partial charge on any atom is -0.457 e. The van der Waals surface area contributed by atoms with Gasteiger partial charge in [-0.3, -0.25) is 9.59 Å². The van der Waals surface area contributed by atoms with Crippen molar-refractivity contribution >= 4 is 33.3 Å². The molecule has 8 rings (SSSR count). The zero-order valence-electron chi connectivity index (χ0n) is 25.8. The van der Waals surface area contributed by atoms with Gasteiger partial charge in [-0.25, -0.2) is 10.2 Å². The van der Waals surface area contributed by atoms with E-state index in [1.165, 1.54) is 0 Å². The first-order valence-corrected chi connectivity index (χ1v) is 16.3. The highest BCUT2D eigenvalue weighted by atomic mass is 32.2. The molecule has 2 N–H and O–H groups in total. The van der Waals surface area contributed by atoms with Gasteiger partial charge in [-0.05, 0) is 109 Å². The number of ether oxygens (including phenoxy) is 2. The second-order valence-electron chi connectivity index (χ2n) is 11.2. The predicted molar refractivity (Wildman–Crippen MR) is 193 cm³/mol. The molecule has 236 valence electrons. The Morgan fingerprint density at radius 2 is 0.735 bits per heavy atom. The van der Waals surface area contributed by atoms with Gasteiger partial charge in [-0.2, -0.15) is 10.2 Å². The molecular weight excluding hydrogens is 633 g/mol. The first kappa shape index (κ1) is 29.9. The fourth-order valence-electron chi connectivity index (χ4n) is 5.59. The molecular formula is C40H26N4O4S. The average molecular weight is 659 g/mol. The monoisotopic (exact) mass is 658 g/mol. The van der Waals surface area contributed by atoms with Crippen LogP contribution in [0.4, 0.5) is 0 Å². The van der Waals surface area contributed by atoms with Gasteiger partial charge in [-0.15, -0.1) is 0 Å². The zero-order chi connectivity index (χ0) is 33.2. The van der Waals surface area contributed by atoms with E-state index in [-0.39, 0.29) is 11.1 Å². The van der Waals surface area contributed by atoms with E-state index in [0.717, 1.165) is 43.2 Å². The lowest BCUT2D eigenvalue weighted by molar-refractivity contribution is 0.482. The van der Waals surface area contributed by atoms with Crippen LogP contribution in [0, 0.1) is 0 Å². The molecule has 0 aliphatic carbocycles. The third kappa shape index (κ3) is 6.30. The molecule has 0 atom stereocenters. The summed E-state index contributed by atoms with van der Waals surface area (Å²) in [4.78, 5) is 26.4. The highest BCUT2D eigenvalue weighted by Crippen LogP contribution is 2.34. The van der Waals surface area contributed by atoms with Gasteiger partial charge in [-0.1, -0.05) is 48.2 Å². The van der Waals surface area contributed by atoms with Gasteiger partial charge >= 0.3 is 0 Å². The number of hydrogen-bond donors (Lipinski definition) is 2. The molecule has 2 heterocycles. The molecule has 0 aliphatic rings. The Kier molecular flexibility index (Phi) is 7.93. The maximum atomic E-state index is 12.1. The quantitative estimate of drug-likeness (QED) is 0.167. The van der Waals surface area contributed by atoms with Gasteiger partial charge in [0.15, 0.2) is 0 Å². The molecule has 0 unspecified atom stereocenters. The van der Waals surface area contributed by atoms with E-state index in [0.29, 0.717) is 33.7 Å². The second-order valence-corrected chi connectivity index (χ2v) is 12.3. The molecule has 0 aliphatic heterocycles. The van der Waals surface area contributed by atoms with Crippen molar-refractivity contribution in [3.05, 3.63) is 166 Å². The molecule has 9 heteroatoms. The number of H-pyrrole nitrogens is 2. The van der Waals surface area contributed by atoms with Crippen LogP contribution >= 0.6 is 11.8 Å². The minimum atomic E-state index is -0.206. The summed E-state index contributed by atoms with van der Waals surface area (Å²) in [5.74, 6) is 2.85. The van der Waals surface area contributed by atoms with Gasteiger partial charge in [0, 0.05) is 31.7 Å². The van der Waals surface area contributed by atoms with Crippen LogP contribution in [0.3, 0.4) is 0 Å². The predicted octanol–water partition coefficient (Wildman–Crippen LogP) is 9.23. The van der Waals surface area contributed by atoms with Crippen LogP contribution in [0.5, 0.6) is 23.0 Å². The van der Waals surface area contributed by atoms with Crippen molar-refractivity contribution in [2.75, 3.05) is 0 Å². The molecule has 6 aromatic carbocycles. The third-order valence-corrected chi connectivity index (χ3v) is 9.02. The number of nitrogens with one attached hydrogen (secondary N) is 2. The lowest BCUT2D eigenvalue weighted by atomic mass is 10.1. The summed E-state index contributed by atoms with van der Waals surface area (Å²) in [7, 11) is 0. The number of aromatic nitrogens is 4. The molecule has 0 radical (unpaired) electrons. The van der Waals surface area contributed by atoms with E-state index in [9.17, 15) is 9.59 Å². The van der Waals surface area contributed by atoms with Gasteiger partial charge in [0.25, 0.3) is 11.1 Å². The molecule has 0 saturated carbocycles. The molecule has 0 fully saturated rings. The fraction of sp³-hybridized carbons (Fsp3) is 0. The van der Waals surface area contributed by atoms with E-state index in [4.69, 9.17) is 9.47 Å². The SMILES string of the molecule is O=c1[nH]nc(-c2ccc(Oc3ccc(Sc4ccc(Oc5ccc(-c6n[nH]c(=O)c7ccccc67)cc5)cc4)cc3)cc2)c2ccccc12. The van der Waals surface area contributed by atoms with Crippen LogP contribution in [0.1, 0.15) is 0 Å². The van der Waals surface area contributed by atoms with Crippen molar-refractivity contribution in [2.24, 2.45) is 0 Å². The molecule has 8 nitrogen and oxygen atoms in total. The van der Waals surface area contributed by atoms with Crippen molar-refractivity contribution in [1.29, 1.82) is 0 Å². The third-order valence-electron chi connectivity index (χ3n) is 8.00. The summed E-state index contributed by atoms with van der Waals surface area (Å²) in [6.07, 6.45) is 0. The van der Waals surface area contributed by atoms with Crippen molar-refractivity contribution in [3.8, 4) is 45.5 Å². The molecule has 0 bridgehead atoms. The molecule has 2 aromatic heterocycles. The summed E-state index contributed by atoms with van der Waals surface area (Å²) in [6.45, 7) is 0. The minimum absolute atomic E-state index is 0.206. The molecule has 8 aromatic rings. The Labute approximate surface area is 284 Å². The lowest BCUT2D eigenvalue weighted by Gasteiger charge is -2.10. The Morgan fingerprint density at radius 3 is 1.10 bits per heavy atom. The van der Waals surface area contributed by atoms with Crippen LogP contribution in [0.25, 0.3) is 44.1 Å². The number of hydrogen-bond acceptors (Lipinski definition) is 7.